The second-order valence-electron chi connectivity index (χ2n) is 4.39. The van der Waals surface area contributed by atoms with Crippen LogP contribution < -0.4 is 9.64 Å². The lowest BCUT2D eigenvalue weighted by Crippen LogP contribution is -2.11. The third kappa shape index (κ3) is 2.69. The molecular weight excluding hydrogens is 236 g/mol. The number of nitrogens with zero attached hydrogens (tertiary/aromatic N) is 2. The van der Waals surface area contributed by atoms with Crippen molar-refractivity contribution in [2.45, 2.75) is 6.92 Å². The fraction of sp³-hybridized carbons (Fsp3) is 0.188. The summed E-state index contributed by atoms with van der Waals surface area (Å²) in [5.41, 5.74) is 3.68. The molecule has 2 aromatic rings. The molecule has 0 aliphatic heterocycles. The summed E-state index contributed by atoms with van der Waals surface area (Å²) in [6.45, 7) is 1.98. The molecule has 0 saturated carbocycles. The normalized spacial score (nSPS) is 9.79. The van der Waals surface area contributed by atoms with Gasteiger partial charge in [-0.15, -0.1) is 0 Å². The lowest BCUT2D eigenvalue weighted by atomic mass is 10.1. The summed E-state index contributed by atoms with van der Waals surface area (Å²) >= 11 is 0. The number of methoxy groups -OCH3 is 1. The third-order valence-electron chi connectivity index (χ3n) is 3.09. The summed E-state index contributed by atoms with van der Waals surface area (Å²) in [6.07, 6.45) is 0. The van der Waals surface area contributed by atoms with Crippen molar-refractivity contribution in [3.05, 3.63) is 53.6 Å². The van der Waals surface area contributed by atoms with Crippen molar-refractivity contribution in [1.29, 1.82) is 5.26 Å². The van der Waals surface area contributed by atoms with Gasteiger partial charge in [-0.05, 0) is 48.9 Å². The van der Waals surface area contributed by atoms with Crippen LogP contribution in [0.5, 0.6) is 5.75 Å². The molecule has 0 heterocycles. The molecule has 2 rings (SSSR count). The van der Waals surface area contributed by atoms with E-state index in [2.05, 4.69) is 6.07 Å². The van der Waals surface area contributed by atoms with Gasteiger partial charge in [0.15, 0.2) is 0 Å². The average Bonchev–Trinajstić information content (AvgIpc) is 2.46. The van der Waals surface area contributed by atoms with Gasteiger partial charge in [0.1, 0.15) is 11.8 Å². The minimum atomic E-state index is 0.679. The van der Waals surface area contributed by atoms with Crippen LogP contribution >= 0.6 is 0 Å². The number of aryl methyl sites for hydroxylation is 1. The molecule has 0 unspecified atom stereocenters. The number of rotatable bonds is 3. The van der Waals surface area contributed by atoms with Crippen LogP contribution in [0.25, 0.3) is 0 Å². The van der Waals surface area contributed by atoms with Crippen LogP contribution in [0.1, 0.15) is 11.1 Å². The number of benzene rings is 2. The first kappa shape index (κ1) is 13.0. The Morgan fingerprint density at radius 2 is 1.79 bits per heavy atom. The zero-order valence-corrected chi connectivity index (χ0v) is 11.3. The molecule has 0 N–H and O–H groups in total. The van der Waals surface area contributed by atoms with E-state index in [1.807, 2.05) is 61.3 Å². The Kier molecular flexibility index (Phi) is 3.72. The van der Waals surface area contributed by atoms with Gasteiger partial charge in [-0.25, -0.2) is 0 Å². The van der Waals surface area contributed by atoms with Crippen molar-refractivity contribution in [3.8, 4) is 11.8 Å². The molecule has 96 valence electrons. The molecule has 0 bridgehead atoms. The molecule has 3 nitrogen and oxygen atoms in total. The van der Waals surface area contributed by atoms with Gasteiger partial charge in [-0.1, -0.05) is 6.07 Å². The molecule has 19 heavy (non-hydrogen) atoms. The first-order valence-corrected chi connectivity index (χ1v) is 6.04. The maximum atomic E-state index is 9.22. The third-order valence-corrected chi connectivity index (χ3v) is 3.09. The largest absolute Gasteiger partial charge is 0.497 e. The molecule has 0 radical (unpaired) electrons. The summed E-state index contributed by atoms with van der Waals surface area (Å²) < 4.78 is 5.14. The molecule has 0 aliphatic rings. The zero-order chi connectivity index (χ0) is 13.8. The van der Waals surface area contributed by atoms with E-state index in [9.17, 15) is 5.26 Å². The molecule has 0 atom stereocenters. The Morgan fingerprint density at radius 3 is 2.37 bits per heavy atom. The average molecular weight is 252 g/mol. The van der Waals surface area contributed by atoms with Crippen LogP contribution in [0.3, 0.4) is 0 Å². The van der Waals surface area contributed by atoms with E-state index in [0.29, 0.717) is 5.56 Å². The molecule has 0 aromatic heterocycles. The fourth-order valence-corrected chi connectivity index (χ4v) is 1.98. The van der Waals surface area contributed by atoms with Gasteiger partial charge in [0.2, 0.25) is 0 Å². The SMILES string of the molecule is COc1ccc(N(C)c2ccc(C)cc2C#N)cc1. The van der Waals surface area contributed by atoms with Gasteiger partial charge in [-0.2, -0.15) is 5.26 Å². The van der Waals surface area contributed by atoms with E-state index in [1.54, 1.807) is 7.11 Å². The Labute approximate surface area is 113 Å². The van der Waals surface area contributed by atoms with E-state index in [4.69, 9.17) is 4.74 Å². The van der Waals surface area contributed by atoms with Gasteiger partial charge in [0, 0.05) is 12.7 Å². The second-order valence-corrected chi connectivity index (χ2v) is 4.39. The van der Waals surface area contributed by atoms with Crippen molar-refractivity contribution >= 4 is 11.4 Å². The molecule has 0 aliphatic carbocycles. The van der Waals surface area contributed by atoms with Crippen LogP contribution in [-0.4, -0.2) is 14.2 Å². The van der Waals surface area contributed by atoms with E-state index in [1.165, 1.54) is 0 Å². The van der Waals surface area contributed by atoms with Crippen molar-refractivity contribution in [3.63, 3.8) is 0 Å². The number of hydrogen-bond acceptors (Lipinski definition) is 3. The van der Waals surface area contributed by atoms with Crippen LogP contribution in [0, 0.1) is 18.3 Å². The van der Waals surface area contributed by atoms with Gasteiger partial charge in [0.05, 0.1) is 18.4 Å². The van der Waals surface area contributed by atoms with Crippen LogP contribution in [-0.2, 0) is 0 Å². The Balaban J connectivity index is 2.38. The first-order chi connectivity index (χ1) is 9.15. The predicted molar refractivity (Wildman–Crippen MR) is 77.0 cm³/mol. The minimum Gasteiger partial charge on any atom is -0.497 e. The molecular formula is C16H16N2O. The molecule has 0 amide bonds. The smallest absolute Gasteiger partial charge is 0.119 e. The summed E-state index contributed by atoms with van der Waals surface area (Å²) in [7, 11) is 3.60. The lowest BCUT2D eigenvalue weighted by Gasteiger charge is -2.21. The monoisotopic (exact) mass is 252 g/mol. The Morgan fingerprint density at radius 1 is 1.11 bits per heavy atom. The van der Waals surface area contributed by atoms with Crippen LogP contribution in [0.2, 0.25) is 0 Å². The summed E-state index contributed by atoms with van der Waals surface area (Å²) in [6, 6.07) is 15.9. The highest BCUT2D eigenvalue weighted by molar-refractivity contribution is 5.69. The van der Waals surface area contributed by atoms with Gasteiger partial charge < -0.3 is 9.64 Å². The highest BCUT2D eigenvalue weighted by atomic mass is 16.5. The predicted octanol–water partition coefficient (Wildman–Crippen LogP) is 3.64. The summed E-state index contributed by atoms with van der Waals surface area (Å²) in [4.78, 5) is 2.00. The van der Waals surface area contributed by atoms with Crippen molar-refractivity contribution in [2.24, 2.45) is 0 Å². The van der Waals surface area contributed by atoms with Gasteiger partial charge in [0.25, 0.3) is 0 Å². The Bertz CT molecular complexity index is 612. The standard InChI is InChI=1S/C16H16N2O/c1-12-4-9-16(13(10-12)11-17)18(2)14-5-7-15(19-3)8-6-14/h4-10H,1-3H3. The van der Waals surface area contributed by atoms with E-state index < -0.39 is 0 Å². The maximum Gasteiger partial charge on any atom is 0.119 e. The first-order valence-electron chi connectivity index (χ1n) is 6.04. The highest BCUT2D eigenvalue weighted by Crippen LogP contribution is 2.28. The number of nitriles is 1. The van der Waals surface area contributed by atoms with E-state index in [-0.39, 0.29) is 0 Å². The van der Waals surface area contributed by atoms with Crippen LogP contribution in [0.15, 0.2) is 42.5 Å². The number of hydrogen-bond donors (Lipinski definition) is 0. The molecule has 0 saturated heterocycles. The Hall–Kier alpha value is -2.47. The number of ether oxygens (including phenoxy) is 1. The van der Waals surface area contributed by atoms with Crippen molar-refractivity contribution in [1.82, 2.24) is 0 Å². The number of anilines is 2. The maximum absolute atomic E-state index is 9.22. The fourth-order valence-electron chi connectivity index (χ4n) is 1.98. The molecule has 0 fully saturated rings. The van der Waals surface area contributed by atoms with Gasteiger partial charge in [-0.3, -0.25) is 0 Å². The lowest BCUT2D eigenvalue weighted by molar-refractivity contribution is 0.415. The van der Waals surface area contributed by atoms with Crippen molar-refractivity contribution < 1.29 is 4.74 Å². The molecule has 3 heteroatoms. The quantitative estimate of drug-likeness (QED) is 0.836. The van der Waals surface area contributed by atoms with E-state index >= 15 is 0 Å². The summed E-state index contributed by atoms with van der Waals surface area (Å²) in [5, 5.41) is 9.22. The summed E-state index contributed by atoms with van der Waals surface area (Å²) in [5.74, 6) is 0.821. The topological polar surface area (TPSA) is 36.3 Å². The minimum absolute atomic E-state index is 0.679. The molecule has 0 spiro atoms. The zero-order valence-electron chi connectivity index (χ0n) is 11.3. The van der Waals surface area contributed by atoms with Gasteiger partial charge >= 0.3 is 0 Å². The highest BCUT2D eigenvalue weighted by Gasteiger charge is 2.09. The van der Waals surface area contributed by atoms with E-state index in [0.717, 1.165) is 22.7 Å². The van der Waals surface area contributed by atoms with Crippen molar-refractivity contribution in [2.75, 3.05) is 19.1 Å². The van der Waals surface area contributed by atoms with Crippen LogP contribution in [0.4, 0.5) is 11.4 Å². The second kappa shape index (κ2) is 5.45. The molecule has 2 aromatic carbocycles.